The van der Waals surface area contributed by atoms with Crippen LogP contribution in [0.3, 0.4) is 0 Å². The molecule has 32 heavy (non-hydrogen) atoms. The van der Waals surface area contributed by atoms with Crippen LogP contribution in [0.15, 0.2) is 36.0 Å². The average molecular weight is 438 g/mol. The number of allylic oxidation sites excluding steroid dienone is 2. The number of aliphatic carboxylic acids is 1. The molecule has 5 heteroatoms. The molecule has 5 rings (SSSR count). The lowest BCUT2D eigenvalue weighted by atomic mass is 9.46. The Labute approximate surface area is 190 Å². The molecule has 0 bridgehead atoms. The molecule has 0 unspecified atom stereocenters. The lowest BCUT2D eigenvalue weighted by molar-refractivity contribution is -0.145. The van der Waals surface area contributed by atoms with Gasteiger partial charge in [-0.25, -0.2) is 0 Å². The first kappa shape index (κ1) is 21.7. The fraction of sp³-hybridized carbons (Fsp3) is 0.630. The standard InChI is InChI=1S/C27H35NO4/c1-25(15-22-24(31)18-6-4-5-7-21(18)28-22)16(14-23(29)30)8-9-17-19(25)10-12-26(2)20(17)11-13-27(26,3)32/h4-7,15-17,19-20,28,32H,8-14H2,1-3H3,(H,29,30)/b22-15+/t16-,17-,19+,20+,25+,26+,27+/m1/s1. The molecule has 3 saturated carbocycles. The molecule has 0 radical (unpaired) electrons. The highest BCUT2D eigenvalue weighted by atomic mass is 16.4. The highest BCUT2D eigenvalue weighted by Crippen LogP contribution is 2.67. The summed E-state index contributed by atoms with van der Waals surface area (Å²) in [5.41, 5.74) is 1.01. The Morgan fingerprint density at radius 3 is 2.53 bits per heavy atom. The molecule has 1 aromatic carbocycles. The van der Waals surface area contributed by atoms with E-state index in [2.05, 4.69) is 25.2 Å². The Morgan fingerprint density at radius 2 is 1.81 bits per heavy atom. The third-order valence-corrected chi connectivity index (χ3v) is 10.1. The smallest absolute Gasteiger partial charge is 0.303 e. The van der Waals surface area contributed by atoms with Crippen LogP contribution >= 0.6 is 0 Å². The minimum Gasteiger partial charge on any atom is -0.481 e. The molecule has 1 heterocycles. The Morgan fingerprint density at radius 1 is 1.09 bits per heavy atom. The van der Waals surface area contributed by atoms with Gasteiger partial charge in [0.15, 0.2) is 0 Å². The molecule has 5 nitrogen and oxygen atoms in total. The maximum atomic E-state index is 13.1. The first-order valence-corrected chi connectivity index (χ1v) is 12.1. The van der Waals surface area contributed by atoms with Crippen LogP contribution in [0, 0.1) is 34.5 Å². The molecule has 0 spiro atoms. The Balaban J connectivity index is 1.54. The number of carboxylic acids is 1. The van der Waals surface area contributed by atoms with Crippen molar-refractivity contribution in [2.75, 3.05) is 5.32 Å². The summed E-state index contributed by atoms with van der Waals surface area (Å²) in [6.45, 7) is 6.46. The number of aliphatic hydroxyl groups is 1. The summed E-state index contributed by atoms with van der Waals surface area (Å²) >= 11 is 0. The summed E-state index contributed by atoms with van der Waals surface area (Å²) in [7, 11) is 0. The highest BCUT2D eigenvalue weighted by molar-refractivity contribution is 6.18. The number of nitrogens with one attached hydrogen (secondary N) is 1. The number of hydrogen-bond donors (Lipinski definition) is 3. The minimum absolute atomic E-state index is 0.00154. The van der Waals surface area contributed by atoms with Crippen molar-refractivity contribution < 1.29 is 19.8 Å². The normalized spacial score (nSPS) is 44.0. The van der Waals surface area contributed by atoms with Gasteiger partial charge in [-0.15, -0.1) is 0 Å². The van der Waals surface area contributed by atoms with E-state index in [1.807, 2.05) is 31.2 Å². The second-order valence-electron chi connectivity index (χ2n) is 11.4. The lowest BCUT2D eigenvalue weighted by Crippen LogP contribution is -2.54. The fourth-order valence-corrected chi connectivity index (χ4v) is 8.02. The van der Waals surface area contributed by atoms with E-state index in [9.17, 15) is 19.8 Å². The maximum absolute atomic E-state index is 13.1. The molecule has 3 fully saturated rings. The van der Waals surface area contributed by atoms with Gasteiger partial charge in [-0.3, -0.25) is 9.59 Å². The van der Waals surface area contributed by atoms with Crippen LogP contribution in [0.25, 0.3) is 0 Å². The SMILES string of the molecule is C[C@]1(/C=C2/Nc3ccccc3C2=O)[C@@H](CC(=O)O)CC[C@@H]2[C@@H]1CC[C@@]1(C)[C@H]2CC[C@]1(C)O. The zero-order chi connectivity index (χ0) is 22.9. The van der Waals surface area contributed by atoms with Crippen LogP contribution in [-0.2, 0) is 4.79 Å². The zero-order valence-corrected chi connectivity index (χ0v) is 19.4. The van der Waals surface area contributed by atoms with Gasteiger partial charge in [0, 0.05) is 17.7 Å². The lowest BCUT2D eigenvalue weighted by Gasteiger charge is -2.59. The quantitative estimate of drug-likeness (QED) is 0.561. The summed E-state index contributed by atoms with van der Waals surface area (Å²) in [5.74, 6) is 0.452. The molecule has 0 aromatic heterocycles. The van der Waals surface area contributed by atoms with Crippen LogP contribution in [0.4, 0.5) is 5.69 Å². The van der Waals surface area contributed by atoms with E-state index in [1.165, 1.54) is 0 Å². The summed E-state index contributed by atoms with van der Waals surface area (Å²) in [5, 5.41) is 24.2. The van der Waals surface area contributed by atoms with Crippen LogP contribution in [0.5, 0.6) is 0 Å². The number of fused-ring (bicyclic) bond motifs is 4. The molecule has 4 aliphatic rings. The average Bonchev–Trinajstić information content (AvgIpc) is 3.17. The molecule has 0 amide bonds. The Hall–Kier alpha value is -2.14. The van der Waals surface area contributed by atoms with Gasteiger partial charge in [-0.05, 0) is 92.1 Å². The van der Waals surface area contributed by atoms with Crippen LogP contribution < -0.4 is 5.32 Å². The summed E-state index contributed by atoms with van der Waals surface area (Å²) < 4.78 is 0. The number of benzene rings is 1. The zero-order valence-electron chi connectivity index (χ0n) is 19.4. The number of anilines is 1. The second kappa shape index (κ2) is 7.18. The van der Waals surface area contributed by atoms with Crippen molar-refractivity contribution in [2.24, 2.45) is 34.5 Å². The van der Waals surface area contributed by atoms with E-state index in [0.29, 0.717) is 29.0 Å². The van der Waals surface area contributed by atoms with Gasteiger partial charge in [0.25, 0.3) is 0 Å². The number of ketones is 1. The number of carbonyl (C=O) groups is 2. The van der Waals surface area contributed by atoms with Gasteiger partial charge < -0.3 is 15.5 Å². The van der Waals surface area contributed by atoms with Crippen LogP contribution in [0.2, 0.25) is 0 Å². The fourth-order valence-electron chi connectivity index (χ4n) is 8.02. The number of rotatable bonds is 3. The molecular weight excluding hydrogens is 402 g/mol. The molecule has 1 aliphatic heterocycles. The van der Waals surface area contributed by atoms with Crippen molar-refractivity contribution in [3.05, 3.63) is 41.6 Å². The third kappa shape index (κ3) is 3.00. The molecule has 3 aliphatic carbocycles. The third-order valence-electron chi connectivity index (χ3n) is 10.1. The van der Waals surface area contributed by atoms with Crippen LogP contribution in [-0.4, -0.2) is 27.6 Å². The van der Waals surface area contributed by atoms with E-state index in [-0.39, 0.29) is 29.0 Å². The predicted octanol–water partition coefficient (Wildman–Crippen LogP) is 5.26. The molecule has 172 valence electrons. The molecule has 0 saturated heterocycles. The summed E-state index contributed by atoms with van der Waals surface area (Å²) in [6, 6.07) is 7.56. The first-order chi connectivity index (χ1) is 15.1. The number of para-hydroxylation sites is 1. The summed E-state index contributed by atoms with van der Waals surface area (Å²) in [6.07, 6.45) is 7.87. The Kier molecular flexibility index (Phi) is 4.87. The van der Waals surface area contributed by atoms with Gasteiger partial charge in [-0.1, -0.05) is 32.1 Å². The minimum atomic E-state index is -0.767. The van der Waals surface area contributed by atoms with Gasteiger partial charge in [0.1, 0.15) is 0 Å². The van der Waals surface area contributed by atoms with E-state index < -0.39 is 11.6 Å². The number of carboxylic acid groups (broad SMARTS) is 1. The first-order valence-electron chi connectivity index (χ1n) is 12.1. The van der Waals surface area contributed by atoms with E-state index in [0.717, 1.165) is 44.2 Å². The Bertz CT molecular complexity index is 997. The van der Waals surface area contributed by atoms with Crippen molar-refractivity contribution in [1.29, 1.82) is 0 Å². The predicted molar refractivity (Wildman–Crippen MR) is 123 cm³/mol. The topological polar surface area (TPSA) is 86.6 Å². The van der Waals surface area contributed by atoms with Crippen molar-refractivity contribution in [3.63, 3.8) is 0 Å². The van der Waals surface area contributed by atoms with E-state index >= 15 is 0 Å². The number of carbonyl (C=O) groups excluding carboxylic acids is 1. The summed E-state index contributed by atoms with van der Waals surface area (Å²) in [4.78, 5) is 24.9. The van der Waals surface area contributed by atoms with Gasteiger partial charge in [0.2, 0.25) is 5.78 Å². The monoisotopic (exact) mass is 437 g/mol. The molecular formula is C27H35NO4. The highest BCUT2D eigenvalue weighted by Gasteiger charge is 2.62. The molecule has 1 aromatic rings. The van der Waals surface area contributed by atoms with Gasteiger partial charge in [-0.2, -0.15) is 0 Å². The molecule has 3 N–H and O–H groups in total. The molecule has 7 atom stereocenters. The van der Waals surface area contributed by atoms with Crippen molar-refractivity contribution >= 4 is 17.4 Å². The van der Waals surface area contributed by atoms with Crippen molar-refractivity contribution in [3.8, 4) is 0 Å². The van der Waals surface area contributed by atoms with Crippen molar-refractivity contribution in [1.82, 2.24) is 0 Å². The van der Waals surface area contributed by atoms with Crippen LogP contribution in [0.1, 0.15) is 76.1 Å². The van der Waals surface area contributed by atoms with Gasteiger partial charge in [0.05, 0.1) is 11.3 Å². The maximum Gasteiger partial charge on any atom is 0.303 e. The number of hydrogen-bond acceptors (Lipinski definition) is 4. The number of Topliss-reactive ketones (excluding diaryl/α,β-unsaturated/α-hetero) is 1. The van der Waals surface area contributed by atoms with E-state index in [1.54, 1.807) is 0 Å². The second-order valence-corrected chi connectivity index (χ2v) is 11.4. The van der Waals surface area contributed by atoms with E-state index in [4.69, 9.17) is 0 Å². The largest absolute Gasteiger partial charge is 0.481 e. The van der Waals surface area contributed by atoms with Crippen molar-refractivity contribution in [2.45, 2.75) is 71.3 Å². The van der Waals surface area contributed by atoms with Gasteiger partial charge >= 0.3 is 5.97 Å².